The topological polar surface area (TPSA) is 137 Å². The molecule has 0 saturated carbocycles. The largest absolute Gasteiger partial charge is 0.495 e. The van der Waals surface area contributed by atoms with Crippen LogP contribution >= 0.6 is 0 Å². The average molecular weight is 415 g/mol. The molecule has 2 amide bonds. The van der Waals surface area contributed by atoms with Crippen LogP contribution in [0.15, 0.2) is 42.5 Å². The first-order valence-electron chi connectivity index (χ1n) is 8.93. The summed E-state index contributed by atoms with van der Waals surface area (Å²) in [4.78, 5) is 46.0. The smallest absolute Gasteiger partial charge is 0.306 e. The Morgan fingerprint density at radius 3 is 2.47 bits per heavy atom. The predicted octanol–water partition coefficient (Wildman–Crippen LogP) is 2.81. The second kappa shape index (κ2) is 10.6. The van der Waals surface area contributed by atoms with Crippen LogP contribution in [0.1, 0.15) is 18.4 Å². The van der Waals surface area contributed by atoms with Gasteiger partial charge in [0.25, 0.3) is 11.6 Å². The number of hydrogen-bond acceptors (Lipinski definition) is 7. The molecule has 2 aromatic carbocycles. The molecule has 0 fully saturated rings. The van der Waals surface area contributed by atoms with Crippen molar-refractivity contribution in [1.82, 2.24) is 0 Å². The van der Waals surface area contributed by atoms with E-state index >= 15 is 0 Å². The lowest BCUT2D eigenvalue weighted by atomic mass is 10.2. The van der Waals surface area contributed by atoms with Gasteiger partial charge >= 0.3 is 5.97 Å². The highest BCUT2D eigenvalue weighted by Crippen LogP contribution is 2.23. The molecule has 0 unspecified atom stereocenters. The molecule has 0 aliphatic rings. The minimum absolute atomic E-state index is 0.133. The summed E-state index contributed by atoms with van der Waals surface area (Å²) in [7, 11) is 1.47. The van der Waals surface area contributed by atoms with Gasteiger partial charge in [-0.05, 0) is 25.1 Å². The first-order chi connectivity index (χ1) is 14.3. The van der Waals surface area contributed by atoms with E-state index in [4.69, 9.17) is 9.47 Å². The molecule has 158 valence electrons. The molecule has 0 bridgehead atoms. The van der Waals surface area contributed by atoms with Gasteiger partial charge in [0.05, 0.1) is 24.1 Å². The number of anilines is 2. The van der Waals surface area contributed by atoms with E-state index in [0.717, 1.165) is 0 Å². The van der Waals surface area contributed by atoms with Crippen molar-refractivity contribution < 1.29 is 28.8 Å². The maximum absolute atomic E-state index is 12.0. The number of esters is 1. The van der Waals surface area contributed by atoms with Gasteiger partial charge in [0.1, 0.15) is 5.75 Å². The van der Waals surface area contributed by atoms with Crippen LogP contribution in [0.4, 0.5) is 17.1 Å². The Kier molecular flexibility index (Phi) is 7.86. The lowest BCUT2D eigenvalue weighted by Gasteiger charge is -2.10. The molecule has 2 aromatic rings. The van der Waals surface area contributed by atoms with Crippen LogP contribution in [0.3, 0.4) is 0 Å². The third-order valence-corrected chi connectivity index (χ3v) is 3.99. The molecule has 0 aromatic heterocycles. The Morgan fingerprint density at radius 1 is 1.03 bits per heavy atom. The zero-order valence-electron chi connectivity index (χ0n) is 16.5. The van der Waals surface area contributed by atoms with Crippen LogP contribution in [-0.4, -0.2) is 36.4 Å². The van der Waals surface area contributed by atoms with Gasteiger partial charge in [-0.25, -0.2) is 0 Å². The maximum Gasteiger partial charge on any atom is 0.306 e. The standard InChI is InChI=1S/C20H21N3O7/c1-13-7-8-14(11-16(13)23(27)28)21-19(25)12-30-20(26)10-9-18(24)22-15-5-3-4-6-17(15)29-2/h3-8,11H,9-10,12H2,1-2H3,(H,21,25)(H,22,24). The van der Waals surface area contributed by atoms with Gasteiger partial charge in [0.15, 0.2) is 6.61 Å². The van der Waals surface area contributed by atoms with Crippen molar-refractivity contribution in [2.75, 3.05) is 24.4 Å². The summed E-state index contributed by atoms with van der Waals surface area (Å²) in [5.74, 6) is -1.30. The number of nitro benzene ring substituents is 1. The summed E-state index contributed by atoms with van der Waals surface area (Å²) in [5.41, 5.74) is 1.01. The van der Waals surface area contributed by atoms with E-state index in [1.54, 1.807) is 31.2 Å². The molecule has 10 heteroatoms. The molecule has 2 rings (SSSR count). The van der Waals surface area contributed by atoms with Gasteiger partial charge in [-0.2, -0.15) is 0 Å². The van der Waals surface area contributed by atoms with Crippen molar-refractivity contribution in [3.63, 3.8) is 0 Å². The molecule has 0 aliphatic carbocycles. The molecule has 0 heterocycles. The predicted molar refractivity (Wildman–Crippen MR) is 108 cm³/mol. The SMILES string of the molecule is COc1ccccc1NC(=O)CCC(=O)OCC(=O)Nc1ccc(C)c([N+](=O)[O-])c1. The van der Waals surface area contributed by atoms with Crippen LogP contribution in [-0.2, 0) is 19.1 Å². The highest BCUT2D eigenvalue weighted by molar-refractivity contribution is 5.95. The van der Waals surface area contributed by atoms with Gasteiger partial charge in [0, 0.05) is 23.7 Å². The highest BCUT2D eigenvalue weighted by Gasteiger charge is 2.14. The maximum atomic E-state index is 12.0. The van der Waals surface area contributed by atoms with Gasteiger partial charge in [-0.15, -0.1) is 0 Å². The number of hydrogen-bond donors (Lipinski definition) is 2. The molecule has 10 nitrogen and oxygen atoms in total. The van der Waals surface area contributed by atoms with E-state index in [9.17, 15) is 24.5 Å². The van der Waals surface area contributed by atoms with E-state index in [1.165, 1.54) is 25.3 Å². The second-order valence-corrected chi connectivity index (χ2v) is 6.22. The normalized spacial score (nSPS) is 10.1. The molecule has 0 spiro atoms. The van der Waals surface area contributed by atoms with Crippen molar-refractivity contribution in [1.29, 1.82) is 0 Å². The number of benzene rings is 2. The molecule has 0 radical (unpaired) electrons. The number of aryl methyl sites for hydroxylation is 1. The summed E-state index contributed by atoms with van der Waals surface area (Å²) in [6.45, 7) is 1.00. The number of amides is 2. The number of ether oxygens (including phenoxy) is 2. The quantitative estimate of drug-likeness (QED) is 0.365. The number of para-hydroxylation sites is 2. The minimum Gasteiger partial charge on any atom is -0.495 e. The molecule has 30 heavy (non-hydrogen) atoms. The summed E-state index contributed by atoms with van der Waals surface area (Å²) in [5, 5.41) is 16.0. The fraction of sp³-hybridized carbons (Fsp3) is 0.250. The summed E-state index contributed by atoms with van der Waals surface area (Å²) < 4.78 is 9.96. The Balaban J connectivity index is 1.76. The number of carbonyl (C=O) groups is 3. The Hall–Kier alpha value is -3.95. The summed E-state index contributed by atoms with van der Waals surface area (Å²) >= 11 is 0. The van der Waals surface area contributed by atoms with Crippen LogP contribution in [0.2, 0.25) is 0 Å². The van der Waals surface area contributed by atoms with Crippen molar-refractivity contribution >= 4 is 34.8 Å². The Bertz CT molecular complexity index is 959. The lowest BCUT2D eigenvalue weighted by molar-refractivity contribution is -0.385. The number of carbonyl (C=O) groups excluding carboxylic acids is 3. The van der Waals surface area contributed by atoms with Crippen LogP contribution < -0.4 is 15.4 Å². The number of methoxy groups -OCH3 is 1. The Morgan fingerprint density at radius 2 is 1.77 bits per heavy atom. The summed E-state index contributed by atoms with van der Waals surface area (Å²) in [6, 6.07) is 11.1. The average Bonchev–Trinajstić information content (AvgIpc) is 2.72. The second-order valence-electron chi connectivity index (χ2n) is 6.22. The van der Waals surface area contributed by atoms with Crippen LogP contribution in [0.5, 0.6) is 5.75 Å². The van der Waals surface area contributed by atoms with Gasteiger partial charge in [0.2, 0.25) is 5.91 Å². The fourth-order valence-electron chi connectivity index (χ4n) is 2.48. The number of rotatable bonds is 9. The number of nitro groups is 1. The van der Waals surface area contributed by atoms with E-state index in [0.29, 0.717) is 17.0 Å². The lowest BCUT2D eigenvalue weighted by Crippen LogP contribution is -2.22. The molecular weight excluding hydrogens is 394 g/mol. The van der Waals surface area contributed by atoms with Crippen molar-refractivity contribution in [2.45, 2.75) is 19.8 Å². The zero-order chi connectivity index (χ0) is 22.1. The fourth-order valence-corrected chi connectivity index (χ4v) is 2.48. The van der Waals surface area contributed by atoms with E-state index in [1.807, 2.05) is 0 Å². The van der Waals surface area contributed by atoms with Gasteiger partial charge in [-0.3, -0.25) is 24.5 Å². The third kappa shape index (κ3) is 6.59. The van der Waals surface area contributed by atoms with Gasteiger partial charge < -0.3 is 20.1 Å². The highest BCUT2D eigenvalue weighted by atomic mass is 16.6. The van der Waals surface area contributed by atoms with Crippen molar-refractivity contribution in [2.24, 2.45) is 0 Å². The van der Waals surface area contributed by atoms with E-state index in [2.05, 4.69) is 10.6 Å². The molecule has 0 aliphatic heterocycles. The minimum atomic E-state index is -0.727. The first-order valence-corrected chi connectivity index (χ1v) is 8.93. The Labute approximate surface area is 172 Å². The van der Waals surface area contributed by atoms with Gasteiger partial charge in [-0.1, -0.05) is 18.2 Å². The third-order valence-electron chi connectivity index (χ3n) is 3.99. The first kappa shape index (κ1) is 22.3. The summed E-state index contributed by atoms with van der Waals surface area (Å²) in [6.07, 6.45) is -0.354. The van der Waals surface area contributed by atoms with Crippen molar-refractivity contribution in [3.8, 4) is 5.75 Å². The number of nitrogens with one attached hydrogen (secondary N) is 2. The molecule has 2 N–H and O–H groups in total. The molecular formula is C20H21N3O7. The monoisotopic (exact) mass is 415 g/mol. The number of nitrogens with zero attached hydrogens (tertiary/aromatic N) is 1. The van der Waals surface area contributed by atoms with Crippen molar-refractivity contribution in [3.05, 3.63) is 58.1 Å². The van der Waals surface area contributed by atoms with Crippen LogP contribution in [0, 0.1) is 17.0 Å². The van der Waals surface area contributed by atoms with E-state index < -0.39 is 29.3 Å². The van der Waals surface area contributed by atoms with Crippen LogP contribution in [0.25, 0.3) is 0 Å². The molecule has 0 saturated heterocycles. The van der Waals surface area contributed by atoms with E-state index in [-0.39, 0.29) is 24.2 Å². The zero-order valence-corrected chi connectivity index (χ0v) is 16.5. The molecule has 0 atom stereocenters.